The zero-order chi connectivity index (χ0) is 17.6. The minimum absolute atomic E-state index is 0.00854. The molecule has 126 valence electrons. The summed E-state index contributed by atoms with van der Waals surface area (Å²) < 4.78 is 0. The summed E-state index contributed by atoms with van der Waals surface area (Å²) >= 11 is 5.84. The van der Waals surface area contributed by atoms with Crippen molar-refractivity contribution in [3.63, 3.8) is 0 Å². The normalized spacial score (nSPS) is 10.4. The van der Waals surface area contributed by atoms with Crippen LogP contribution in [0.15, 0.2) is 65.6 Å². The molecule has 0 saturated carbocycles. The Hall–Kier alpha value is -2.92. The van der Waals surface area contributed by atoms with E-state index < -0.39 is 11.5 Å². The second-order valence-corrected chi connectivity index (χ2v) is 5.91. The van der Waals surface area contributed by atoms with Crippen LogP contribution in [0.4, 0.5) is 0 Å². The Balaban J connectivity index is 1.67. The number of nitrogens with one attached hydrogen (secondary N) is 2. The number of hydrogen-bond donors (Lipinski definition) is 2. The van der Waals surface area contributed by atoms with E-state index in [1.54, 1.807) is 24.3 Å². The smallest absolute Gasteiger partial charge is 0.264 e. The van der Waals surface area contributed by atoms with Crippen molar-refractivity contribution in [2.45, 2.75) is 6.42 Å². The Bertz CT molecular complexity index is 921. The maximum absolute atomic E-state index is 12.2. The minimum Gasteiger partial charge on any atom is -0.351 e. The van der Waals surface area contributed by atoms with E-state index in [2.05, 4.69) is 15.3 Å². The standard InChI is InChI=1S/C19H16ClN3O2/c20-15-8-6-14(7-9-15)17-22-12-16(19(25)23-17)18(24)21-11-10-13-4-2-1-3-5-13/h1-9,12H,10-11H2,(H,21,24)(H,22,23,25). The lowest BCUT2D eigenvalue weighted by Gasteiger charge is -2.06. The number of amides is 1. The van der Waals surface area contributed by atoms with Gasteiger partial charge in [-0.15, -0.1) is 0 Å². The van der Waals surface area contributed by atoms with Crippen LogP contribution >= 0.6 is 11.6 Å². The molecule has 0 atom stereocenters. The van der Waals surface area contributed by atoms with Crippen LogP contribution in [0.1, 0.15) is 15.9 Å². The van der Waals surface area contributed by atoms with Crippen LogP contribution in [-0.4, -0.2) is 22.4 Å². The summed E-state index contributed by atoms with van der Waals surface area (Å²) in [5, 5.41) is 3.34. The Kier molecular flexibility index (Phi) is 5.26. The number of rotatable bonds is 5. The van der Waals surface area contributed by atoms with Crippen LogP contribution in [0.25, 0.3) is 11.4 Å². The van der Waals surface area contributed by atoms with Gasteiger partial charge in [0, 0.05) is 23.3 Å². The summed E-state index contributed by atoms with van der Waals surface area (Å²) in [5.74, 6) is -0.0464. The molecule has 2 N–H and O–H groups in total. The van der Waals surface area contributed by atoms with Crippen molar-refractivity contribution in [1.82, 2.24) is 15.3 Å². The number of hydrogen-bond acceptors (Lipinski definition) is 3. The van der Waals surface area contributed by atoms with Crippen molar-refractivity contribution in [3.05, 3.63) is 87.3 Å². The van der Waals surface area contributed by atoms with Crippen LogP contribution in [0.2, 0.25) is 5.02 Å². The number of halogens is 1. The summed E-state index contributed by atoms with van der Waals surface area (Å²) in [7, 11) is 0. The van der Waals surface area contributed by atoms with E-state index >= 15 is 0 Å². The van der Waals surface area contributed by atoms with Gasteiger partial charge in [0.15, 0.2) is 0 Å². The molecule has 0 aliphatic carbocycles. The molecule has 0 saturated heterocycles. The first-order valence-corrected chi connectivity index (χ1v) is 8.18. The van der Waals surface area contributed by atoms with Gasteiger partial charge in [0.25, 0.3) is 11.5 Å². The molecule has 3 aromatic rings. The quantitative estimate of drug-likeness (QED) is 0.740. The van der Waals surface area contributed by atoms with E-state index in [1.807, 2.05) is 30.3 Å². The van der Waals surface area contributed by atoms with Gasteiger partial charge in [0.2, 0.25) is 0 Å². The molecular formula is C19H16ClN3O2. The van der Waals surface area contributed by atoms with Gasteiger partial charge in [0.1, 0.15) is 11.4 Å². The van der Waals surface area contributed by atoms with Gasteiger partial charge in [-0.2, -0.15) is 0 Å². The van der Waals surface area contributed by atoms with Crippen molar-refractivity contribution < 1.29 is 4.79 Å². The molecule has 0 fully saturated rings. The van der Waals surface area contributed by atoms with Crippen LogP contribution in [-0.2, 0) is 6.42 Å². The van der Waals surface area contributed by atoms with Crippen molar-refractivity contribution in [2.24, 2.45) is 0 Å². The van der Waals surface area contributed by atoms with E-state index in [0.29, 0.717) is 23.8 Å². The SMILES string of the molecule is O=C(NCCc1ccccc1)c1cnc(-c2ccc(Cl)cc2)[nH]c1=O. The van der Waals surface area contributed by atoms with Crippen LogP contribution in [0.5, 0.6) is 0 Å². The third-order valence-electron chi connectivity index (χ3n) is 3.70. The highest BCUT2D eigenvalue weighted by molar-refractivity contribution is 6.30. The number of carbonyl (C=O) groups excluding carboxylic acids is 1. The van der Waals surface area contributed by atoms with E-state index in [9.17, 15) is 9.59 Å². The monoisotopic (exact) mass is 353 g/mol. The van der Waals surface area contributed by atoms with Gasteiger partial charge in [-0.25, -0.2) is 4.98 Å². The summed E-state index contributed by atoms with van der Waals surface area (Å²) in [6.07, 6.45) is 1.99. The number of carbonyl (C=O) groups is 1. The molecule has 0 spiro atoms. The molecule has 6 heteroatoms. The molecule has 0 radical (unpaired) electrons. The molecular weight excluding hydrogens is 338 g/mol. The second-order valence-electron chi connectivity index (χ2n) is 5.47. The molecule has 0 aliphatic heterocycles. The molecule has 1 aromatic heterocycles. The fraction of sp³-hybridized carbons (Fsp3) is 0.105. The van der Waals surface area contributed by atoms with Gasteiger partial charge in [-0.1, -0.05) is 41.9 Å². The summed E-state index contributed by atoms with van der Waals surface area (Å²) in [4.78, 5) is 31.1. The van der Waals surface area contributed by atoms with Crippen molar-refractivity contribution >= 4 is 17.5 Å². The zero-order valence-electron chi connectivity index (χ0n) is 13.3. The van der Waals surface area contributed by atoms with E-state index in [-0.39, 0.29) is 5.56 Å². The fourth-order valence-corrected chi connectivity index (χ4v) is 2.50. The highest BCUT2D eigenvalue weighted by atomic mass is 35.5. The number of aromatic amines is 1. The Morgan fingerprint density at radius 1 is 1.08 bits per heavy atom. The molecule has 0 aliphatic rings. The number of H-pyrrole nitrogens is 1. The molecule has 25 heavy (non-hydrogen) atoms. The van der Waals surface area contributed by atoms with E-state index in [4.69, 9.17) is 11.6 Å². The van der Waals surface area contributed by atoms with Crippen LogP contribution in [0.3, 0.4) is 0 Å². The van der Waals surface area contributed by atoms with Gasteiger partial charge in [-0.3, -0.25) is 9.59 Å². The van der Waals surface area contributed by atoms with E-state index in [0.717, 1.165) is 11.1 Å². The molecule has 5 nitrogen and oxygen atoms in total. The maximum Gasteiger partial charge on any atom is 0.264 e. The molecule has 1 amide bonds. The molecule has 0 unspecified atom stereocenters. The first-order chi connectivity index (χ1) is 12.1. The number of benzene rings is 2. The average molecular weight is 354 g/mol. The zero-order valence-corrected chi connectivity index (χ0v) is 14.1. The van der Waals surface area contributed by atoms with Crippen LogP contribution in [0, 0.1) is 0 Å². The number of nitrogens with zero attached hydrogens (tertiary/aromatic N) is 1. The minimum atomic E-state index is -0.475. The maximum atomic E-state index is 12.2. The molecule has 0 bridgehead atoms. The largest absolute Gasteiger partial charge is 0.351 e. The second kappa shape index (κ2) is 7.77. The van der Waals surface area contributed by atoms with E-state index in [1.165, 1.54) is 6.20 Å². The molecule has 2 aromatic carbocycles. The van der Waals surface area contributed by atoms with Crippen LogP contribution < -0.4 is 10.9 Å². The summed E-state index contributed by atoms with van der Waals surface area (Å²) in [6.45, 7) is 0.446. The average Bonchev–Trinajstić information content (AvgIpc) is 2.63. The Morgan fingerprint density at radius 3 is 2.48 bits per heavy atom. The van der Waals surface area contributed by atoms with Gasteiger partial charge < -0.3 is 10.3 Å². The lowest BCUT2D eigenvalue weighted by atomic mass is 10.1. The fourth-order valence-electron chi connectivity index (χ4n) is 2.37. The van der Waals surface area contributed by atoms with Crippen molar-refractivity contribution in [2.75, 3.05) is 6.54 Å². The summed E-state index contributed by atoms with van der Waals surface area (Å²) in [6, 6.07) is 16.7. The predicted molar refractivity (Wildman–Crippen MR) is 97.8 cm³/mol. The van der Waals surface area contributed by atoms with Gasteiger partial charge >= 0.3 is 0 Å². The topological polar surface area (TPSA) is 74.8 Å². The summed E-state index contributed by atoms with van der Waals surface area (Å²) in [5.41, 5.74) is 1.35. The number of aromatic nitrogens is 2. The van der Waals surface area contributed by atoms with Crippen molar-refractivity contribution in [3.8, 4) is 11.4 Å². The van der Waals surface area contributed by atoms with Gasteiger partial charge in [-0.05, 0) is 36.2 Å². The molecule has 3 rings (SSSR count). The Morgan fingerprint density at radius 2 is 1.80 bits per heavy atom. The van der Waals surface area contributed by atoms with Crippen molar-refractivity contribution in [1.29, 1.82) is 0 Å². The lowest BCUT2D eigenvalue weighted by molar-refractivity contribution is 0.0952. The highest BCUT2D eigenvalue weighted by Crippen LogP contribution is 2.16. The Labute approximate surface area is 149 Å². The predicted octanol–water partition coefficient (Wildman–Crippen LogP) is 3.06. The first kappa shape index (κ1) is 16.9. The molecule has 1 heterocycles. The van der Waals surface area contributed by atoms with Gasteiger partial charge in [0.05, 0.1) is 0 Å². The third-order valence-corrected chi connectivity index (χ3v) is 3.96. The lowest BCUT2D eigenvalue weighted by Crippen LogP contribution is -2.31. The highest BCUT2D eigenvalue weighted by Gasteiger charge is 2.12. The first-order valence-electron chi connectivity index (χ1n) is 7.81. The third kappa shape index (κ3) is 4.33.